The highest BCUT2D eigenvalue weighted by Gasteiger charge is 2.15. The fourth-order valence-corrected chi connectivity index (χ4v) is 3.23. The van der Waals surface area contributed by atoms with E-state index >= 15 is 0 Å². The maximum Gasteiger partial charge on any atom is 0.253 e. The number of benzene rings is 1. The summed E-state index contributed by atoms with van der Waals surface area (Å²) in [6.07, 6.45) is 0. The molecule has 19 heavy (non-hydrogen) atoms. The Bertz CT molecular complexity index is 571. The van der Waals surface area contributed by atoms with Crippen molar-refractivity contribution in [3.8, 4) is 0 Å². The van der Waals surface area contributed by atoms with Crippen molar-refractivity contribution in [1.29, 1.82) is 0 Å². The van der Waals surface area contributed by atoms with Gasteiger partial charge in [-0.1, -0.05) is 53.5 Å². The third-order valence-corrected chi connectivity index (χ3v) is 4.40. The average molecular weight is 335 g/mol. The molecule has 0 aliphatic carbocycles. The molecule has 2 aromatic rings. The van der Waals surface area contributed by atoms with Crippen molar-refractivity contribution in [3.63, 3.8) is 0 Å². The SMILES string of the molecule is O=C(NCC(Cl)c1ccccc1)c1cc(Cl)sc1Cl. The van der Waals surface area contributed by atoms with Crippen LogP contribution in [-0.4, -0.2) is 12.5 Å². The van der Waals surface area contributed by atoms with Gasteiger partial charge in [-0.3, -0.25) is 4.79 Å². The maximum atomic E-state index is 11.9. The molecule has 1 atom stereocenters. The molecule has 100 valence electrons. The Labute approximate surface area is 130 Å². The Morgan fingerprint density at radius 2 is 1.95 bits per heavy atom. The van der Waals surface area contributed by atoms with Crippen LogP contribution in [0.5, 0.6) is 0 Å². The zero-order chi connectivity index (χ0) is 13.8. The van der Waals surface area contributed by atoms with Crippen molar-refractivity contribution in [1.82, 2.24) is 5.32 Å². The first-order valence-corrected chi connectivity index (χ1v) is 7.51. The number of hydrogen-bond acceptors (Lipinski definition) is 2. The van der Waals surface area contributed by atoms with E-state index in [2.05, 4.69) is 5.32 Å². The molecule has 0 aliphatic rings. The van der Waals surface area contributed by atoms with Crippen LogP contribution in [0.4, 0.5) is 0 Å². The molecule has 1 heterocycles. The number of amides is 1. The van der Waals surface area contributed by atoms with Crippen LogP contribution in [0.1, 0.15) is 21.3 Å². The molecule has 0 saturated heterocycles. The molecule has 1 aromatic heterocycles. The minimum absolute atomic E-state index is 0.269. The first-order valence-electron chi connectivity index (χ1n) is 5.50. The second-order valence-corrected chi connectivity index (χ2v) is 6.64. The molecule has 0 saturated carbocycles. The average Bonchev–Trinajstić information content (AvgIpc) is 2.75. The van der Waals surface area contributed by atoms with Gasteiger partial charge in [0.15, 0.2) is 0 Å². The first-order chi connectivity index (χ1) is 9.08. The number of nitrogens with one attached hydrogen (secondary N) is 1. The van der Waals surface area contributed by atoms with E-state index in [9.17, 15) is 4.79 Å². The van der Waals surface area contributed by atoms with E-state index in [-0.39, 0.29) is 11.3 Å². The Morgan fingerprint density at radius 3 is 2.53 bits per heavy atom. The maximum absolute atomic E-state index is 11.9. The van der Waals surface area contributed by atoms with E-state index < -0.39 is 0 Å². The van der Waals surface area contributed by atoms with Gasteiger partial charge in [-0.25, -0.2) is 0 Å². The monoisotopic (exact) mass is 333 g/mol. The second kappa shape index (κ2) is 6.62. The zero-order valence-corrected chi connectivity index (χ0v) is 12.8. The normalized spacial score (nSPS) is 12.2. The van der Waals surface area contributed by atoms with E-state index in [0.717, 1.165) is 5.56 Å². The summed E-state index contributed by atoms with van der Waals surface area (Å²) in [7, 11) is 0. The van der Waals surface area contributed by atoms with Gasteiger partial charge in [0.05, 0.1) is 15.3 Å². The van der Waals surface area contributed by atoms with Crippen molar-refractivity contribution in [2.45, 2.75) is 5.38 Å². The molecule has 1 aromatic carbocycles. The lowest BCUT2D eigenvalue weighted by Gasteiger charge is -2.10. The number of hydrogen-bond donors (Lipinski definition) is 1. The molecule has 2 nitrogen and oxygen atoms in total. The summed E-state index contributed by atoms with van der Waals surface area (Å²) in [5.74, 6) is -0.269. The summed E-state index contributed by atoms with van der Waals surface area (Å²) >= 11 is 19.1. The minimum atomic E-state index is -0.280. The number of alkyl halides is 1. The van der Waals surface area contributed by atoms with Crippen LogP contribution in [0.3, 0.4) is 0 Å². The van der Waals surface area contributed by atoms with Crippen LogP contribution in [0.2, 0.25) is 8.67 Å². The highest BCUT2D eigenvalue weighted by atomic mass is 35.5. The number of thiophene rings is 1. The highest BCUT2D eigenvalue weighted by Crippen LogP contribution is 2.31. The lowest BCUT2D eigenvalue weighted by Crippen LogP contribution is -2.26. The highest BCUT2D eigenvalue weighted by molar-refractivity contribution is 7.20. The molecule has 6 heteroatoms. The van der Waals surface area contributed by atoms with E-state index in [1.807, 2.05) is 30.3 Å². The zero-order valence-electron chi connectivity index (χ0n) is 9.70. The Kier molecular flexibility index (Phi) is 5.11. The molecule has 0 radical (unpaired) electrons. The lowest BCUT2D eigenvalue weighted by molar-refractivity contribution is 0.0954. The third-order valence-electron chi connectivity index (χ3n) is 2.50. The number of rotatable bonds is 4. The van der Waals surface area contributed by atoms with Crippen LogP contribution in [-0.2, 0) is 0 Å². The quantitative estimate of drug-likeness (QED) is 0.802. The van der Waals surface area contributed by atoms with Gasteiger partial charge in [0.2, 0.25) is 0 Å². The van der Waals surface area contributed by atoms with Crippen LogP contribution in [0.25, 0.3) is 0 Å². The van der Waals surface area contributed by atoms with Gasteiger partial charge in [-0.2, -0.15) is 0 Å². The van der Waals surface area contributed by atoms with Crippen molar-refractivity contribution < 1.29 is 4.79 Å². The van der Waals surface area contributed by atoms with E-state index in [1.54, 1.807) is 6.07 Å². The number of carbonyl (C=O) groups is 1. The lowest BCUT2D eigenvalue weighted by atomic mass is 10.1. The molecular weight excluding hydrogens is 325 g/mol. The fourth-order valence-electron chi connectivity index (χ4n) is 1.55. The topological polar surface area (TPSA) is 29.1 Å². The molecular formula is C13H10Cl3NOS. The van der Waals surface area contributed by atoms with Gasteiger partial charge in [-0.15, -0.1) is 22.9 Å². The summed E-state index contributed by atoms with van der Waals surface area (Å²) < 4.78 is 0.869. The Morgan fingerprint density at radius 1 is 1.26 bits per heavy atom. The van der Waals surface area contributed by atoms with E-state index in [1.165, 1.54) is 11.3 Å². The van der Waals surface area contributed by atoms with Gasteiger partial charge < -0.3 is 5.32 Å². The summed E-state index contributed by atoms with van der Waals surface area (Å²) in [4.78, 5) is 11.9. The smallest absolute Gasteiger partial charge is 0.253 e. The predicted octanol–water partition coefficient (Wildman–Crippen LogP) is 4.76. The van der Waals surface area contributed by atoms with E-state index in [0.29, 0.717) is 20.8 Å². The minimum Gasteiger partial charge on any atom is -0.350 e. The summed E-state index contributed by atoms with van der Waals surface area (Å²) in [5, 5.41) is 2.46. The second-order valence-electron chi connectivity index (χ2n) is 3.83. The molecule has 0 fully saturated rings. The van der Waals surface area contributed by atoms with Gasteiger partial charge in [0.1, 0.15) is 4.34 Å². The molecule has 0 bridgehead atoms. The largest absolute Gasteiger partial charge is 0.350 e. The molecule has 0 spiro atoms. The first kappa shape index (κ1) is 14.7. The third kappa shape index (κ3) is 3.86. The van der Waals surface area contributed by atoms with Crippen LogP contribution >= 0.6 is 46.1 Å². The van der Waals surface area contributed by atoms with Crippen molar-refractivity contribution in [3.05, 3.63) is 56.2 Å². The summed E-state index contributed by atoms with van der Waals surface area (Å²) in [6.45, 7) is 0.328. The van der Waals surface area contributed by atoms with Crippen LogP contribution < -0.4 is 5.32 Å². The van der Waals surface area contributed by atoms with Crippen LogP contribution in [0.15, 0.2) is 36.4 Å². The molecule has 0 aliphatic heterocycles. The van der Waals surface area contributed by atoms with E-state index in [4.69, 9.17) is 34.8 Å². The van der Waals surface area contributed by atoms with Crippen molar-refractivity contribution in [2.75, 3.05) is 6.54 Å². The van der Waals surface area contributed by atoms with Gasteiger partial charge >= 0.3 is 0 Å². The van der Waals surface area contributed by atoms with Crippen LogP contribution in [0, 0.1) is 0 Å². The summed E-state index contributed by atoms with van der Waals surface area (Å²) in [5.41, 5.74) is 1.34. The van der Waals surface area contributed by atoms with Crippen molar-refractivity contribution >= 4 is 52.0 Å². The predicted molar refractivity (Wildman–Crippen MR) is 81.7 cm³/mol. The molecule has 2 rings (SSSR count). The van der Waals surface area contributed by atoms with Gasteiger partial charge in [-0.05, 0) is 11.6 Å². The molecule has 1 N–H and O–H groups in total. The fraction of sp³-hybridized carbons (Fsp3) is 0.154. The number of carbonyl (C=O) groups excluding carboxylic acids is 1. The molecule has 1 unspecified atom stereocenters. The standard InChI is InChI=1S/C13H10Cl3NOS/c14-10(8-4-2-1-3-5-8)7-17-13(18)9-6-11(15)19-12(9)16/h1-6,10H,7H2,(H,17,18). The Hall–Kier alpha value is -0.740. The van der Waals surface area contributed by atoms with Crippen molar-refractivity contribution in [2.24, 2.45) is 0 Å². The van der Waals surface area contributed by atoms with Gasteiger partial charge in [0, 0.05) is 6.54 Å². The Balaban J connectivity index is 1.96. The summed E-state index contributed by atoms with van der Waals surface area (Å²) in [6, 6.07) is 11.1. The molecule has 1 amide bonds. The van der Waals surface area contributed by atoms with Gasteiger partial charge in [0.25, 0.3) is 5.91 Å². The number of halogens is 3.